The van der Waals surface area contributed by atoms with Crippen molar-refractivity contribution >= 4 is 23.5 Å². The van der Waals surface area contributed by atoms with E-state index >= 15 is 0 Å². The van der Waals surface area contributed by atoms with Crippen LogP contribution in [0.25, 0.3) is 0 Å². The molecule has 7 nitrogen and oxygen atoms in total. The lowest BCUT2D eigenvalue weighted by Gasteiger charge is -2.34. The van der Waals surface area contributed by atoms with Gasteiger partial charge >= 0.3 is 5.97 Å². The molecule has 26 heavy (non-hydrogen) atoms. The SMILES string of the molecule is O=C(O)c1ccc(NC(=O)C2CCCCN2C(=O)c2ccco2)c(F)c1. The zero-order valence-electron chi connectivity index (χ0n) is 13.8. The van der Waals surface area contributed by atoms with E-state index in [9.17, 15) is 18.8 Å². The summed E-state index contributed by atoms with van der Waals surface area (Å²) >= 11 is 0. The number of halogens is 1. The number of aromatic carboxylic acids is 1. The van der Waals surface area contributed by atoms with Gasteiger partial charge in [-0.1, -0.05) is 0 Å². The second kappa shape index (κ2) is 7.38. The standard InChI is InChI=1S/C18H17FN2O5/c19-12-10-11(18(24)25)6-7-13(12)20-16(22)14-4-1-2-8-21(14)17(23)15-5-3-9-26-15/h3,5-7,9-10,14H,1-2,4,8H2,(H,20,22)(H,24,25). The Morgan fingerprint density at radius 1 is 1.23 bits per heavy atom. The number of piperidine rings is 1. The van der Waals surface area contributed by atoms with Crippen molar-refractivity contribution in [1.82, 2.24) is 4.90 Å². The van der Waals surface area contributed by atoms with Crippen molar-refractivity contribution < 1.29 is 28.3 Å². The number of furan rings is 1. The van der Waals surface area contributed by atoms with Crippen molar-refractivity contribution in [3.63, 3.8) is 0 Å². The second-order valence-electron chi connectivity index (χ2n) is 5.98. The normalized spacial score (nSPS) is 17.0. The number of carboxylic acids is 1. The molecule has 1 aromatic heterocycles. The van der Waals surface area contributed by atoms with Crippen LogP contribution in [0.15, 0.2) is 41.0 Å². The highest BCUT2D eigenvalue weighted by Gasteiger charge is 2.34. The largest absolute Gasteiger partial charge is 0.478 e. The average Bonchev–Trinajstić information content (AvgIpc) is 3.17. The van der Waals surface area contributed by atoms with E-state index in [4.69, 9.17) is 9.52 Å². The fourth-order valence-corrected chi connectivity index (χ4v) is 2.95. The van der Waals surface area contributed by atoms with Crippen LogP contribution in [0.3, 0.4) is 0 Å². The first-order valence-corrected chi connectivity index (χ1v) is 8.15. The summed E-state index contributed by atoms with van der Waals surface area (Å²) < 4.78 is 19.2. The number of nitrogens with zero attached hydrogens (tertiary/aromatic N) is 1. The molecule has 0 aliphatic carbocycles. The Kier molecular flexibility index (Phi) is 5.01. The first-order chi connectivity index (χ1) is 12.5. The zero-order valence-corrected chi connectivity index (χ0v) is 13.8. The van der Waals surface area contributed by atoms with E-state index in [0.29, 0.717) is 13.0 Å². The van der Waals surface area contributed by atoms with Crippen LogP contribution in [0.4, 0.5) is 10.1 Å². The molecule has 136 valence electrons. The highest BCUT2D eigenvalue weighted by molar-refractivity contribution is 6.00. The third-order valence-electron chi connectivity index (χ3n) is 4.27. The summed E-state index contributed by atoms with van der Waals surface area (Å²) in [4.78, 5) is 37.4. The molecule has 1 aromatic carbocycles. The van der Waals surface area contributed by atoms with Gasteiger partial charge in [0, 0.05) is 6.54 Å². The third kappa shape index (κ3) is 3.58. The summed E-state index contributed by atoms with van der Waals surface area (Å²) in [6.07, 6.45) is 3.36. The number of rotatable bonds is 4. The molecule has 0 spiro atoms. The molecule has 2 heterocycles. The van der Waals surface area contributed by atoms with Gasteiger partial charge in [-0.2, -0.15) is 0 Å². The smallest absolute Gasteiger partial charge is 0.335 e. The molecule has 1 unspecified atom stereocenters. The Hall–Kier alpha value is -3.16. The van der Waals surface area contributed by atoms with Gasteiger partial charge in [-0.05, 0) is 49.6 Å². The molecule has 0 bridgehead atoms. The number of likely N-dealkylation sites (tertiary alicyclic amines) is 1. The highest BCUT2D eigenvalue weighted by Crippen LogP contribution is 2.23. The molecular formula is C18H17FN2O5. The molecule has 0 radical (unpaired) electrons. The molecule has 2 amide bonds. The van der Waals surface area contributed by atoms with Crippen molar-refractivity contribution in [1.29, 1.82) is 0 Å². The van der Waals surface area contributed by atoms with E-state index in [1.165, 1.54) is 29.4 Å². The zero-order chi connectivity index (χ0) is 18.7. The second-order valence-corrected chi connectivity index (χ2v) is 5.98. The van der Waals surface area contributed by atoms with Crippen LogP contribution < -0.4 is 5.32 Å². The van der Waals surface area contributed by atoms with Crippen molar-refractivity contribution in [2.45, 2.75) is 25.3 Å². The fraction of sp³-hybridized carbons (Fsp3) is 0.278. The van der Waals surface area contributed by atoms with Gasteiger partial charge < -0.3 is 19.7 Å². The predicted octanol–water partition coefficient (Wildman–Crippen LogP) is 2.75. The Bertz CT molecular complexity index is 834. The maximum atomic E-state index is 14.0. The molecule has 2 N–H and O–H groups in total. The summed E-state index contributed by atoms with van der Waals surface area (Å²) in [5.74, 6) is -2.88. The summed E-state index contributed by atoms with van der Waals surface area (Å²) in [5.41, 5.74) is -0.344. The molecule has 1 fully saturated rings. The number of hydrogen-bond acceptors (Lipinski definition) is 4. The first kappa shape index (κ1) is 17.7. The quantitative estimate of drug-likeness (QED) is 0.873. The maximum absolute atomic E-state index is 14.0. The molecule has 1 aliphatic heterocycles. The Morgan fingerprint density at radius 2 is 2.04 bits per heavy atom. The summed E-state index contributed by atoms with van der Waals surface area (Å²) in [6.45, 7) is 0.401. The van der Waals surface area contributed by atoms with Crippen LogP contribution in [-0.2, 0) is 4.79 Å². The highest BCUT2D eigenvalue weighted by atomic mass is 19.1. The minimum atomic E-state index is -1.26. The lowest BCUT2D eigenvalue weighted by atomic mass is 10.0. The van der Waals surface area contributed by atoms with E-state index in [0.717, 1.165) is 18.9 Å². The van der Waals surface area contributed by atoms with E-state index in [1.807, 2.05) is 0 Å². The number of benzene rings is 1. The Balaban J connectivity index is 1.77. The van der Waals surface area contributed by atoms with Crippen molar-refractivity contribution in [3.05, 3.63) is 53.7 Å². The van der Waals surface area contributed by atoms with Gasteiger partial charge in [0.25, 0.3) is 5.91 Å². The molecule has 1 saturated heterocycles. The van der Waals surface area contributed by atoms with Crippen LogP contribution in [0.5, 0.6) is 0 Å². The van der Waals surface area contributed by atoms with Crippen LogP contribution in [0.1, 0.15) is 40.2 Å². The van der Waals surface area contributed by atoms with Crippen molar-refractivity contribution in [2.75, 3.05) is 11.9 Å². The number of carbonyl (C=O) groups is 3. The number of carbonyl (C=O) groups excluding carboxylic acids is 2. The summed E-state index contributed by atoms with van der Waals surface area (Å²) in [5, 5.41) is 11.3. The van der Waals surface area contributed by atoms with Gasteiger partial charge in [-0.25, -0.2) is 9.18 Å². The van der Waals surface area contributed by atoms with E-state index in [2.05, 4.69) is 5.32 Å². The number of anilines is 1. The molecule has 0 saturated carbocycles. The molecule has 1 aliphatic rings. The monoisotopic (exact) mass is 360 g/mol. The van der Waals surface area contributed by atoms with Gasteiger partial charge in [0.15, 0.2) is 5.76 Å². The van der Waals surface area contributed by atoms with E-state index < -0.39 is 29.6 Å². The van der Waals surface area contributed by atoms with Gasteiger partial charge in [-0.15, -0.1) is 0 Å². The van der Waals surface area contributed by atoms with Crippen molar-refractivity contribution in [2.24, 2.45) is 0 Å². The Morgan fingerprint density at radius 3 is 2.69 bits per heavy atom. The van der Waals surface area contributed by atoms with Gasteiger partial charge in [0.2, 0.25) is 5.91 Å². The topological polar surface area (TPSA) is 99.9 Å². The van der Waals surface area contributed by atoms with E-state index in [1.54, 1.807) is 6.07 Å². The third-order valence-corrected chi connectivity index (χ3v) is 4.27. The van der Waals surface area contributed by atoms with Crippen LogP contribution in [0, 0.1) is 5.82 Å². The van der Waals surface area contributed by atoms with Crippen molar-refractivity contribution in [3.8, 4) is 0 Å². The fourth-order valence-electron chi connectivity index (χ4n) is 2.95. The van der Waals surface area contributed by atoms with Crippen LogP contribution in [-0.4, -0.2) is 40.4 Å². The minimum absolute atomic E-state index is 0.129. The number of hydrogen-bond donors (Lipinski definition) is 2. The number of amides is 2. The molecule has 3 rings (SSSR count). The predicted molar refractivity (Wildman–Crippen MR) is 89.4 cm³/mol. The molecule has 1 atom stereocenters. The lowest BCUT2D eigenvalue weighted by Crippen LogP contribution is -2.50. The molecular weight excluding hydrogens is 343 g/mol. The average molecular weight is 360 g/mol. The molecule has 2 aromatic rings. The maximum Gasteiger partial charge on any atom is 0.335 e. The Labute approximate surface area is 148 Å². The first-order valence-electron chi connectivity index (χ1n) is 8.15. The van der Waals surface area contributed by atoms with E-state index in [-0.39, 0.29) is 17.0 Å². The number of carboxylic acid groups (broad SMARTS) is 1. The lowest BCUT2D eigenvalue weighted by molar-refractivity contribution is -0.121. The summed E-state index contributed by atoms with van der Waals surface area (Å²) in [6, 6.07) is 5.60. The minimum Gasteiger partial charge on any atom is -0.478 e. The molecule has 8 heteroatoms. The summed E-state index contributed by atoms with van der Waals surface area (Å²) in [7, 11) is 0. The van der Waals surface area contributed by atoms with Crippen LogP contribution >= 0.6 is 0 Å². The van der Waals surface area contributed by atoms with Gasteiger partial charge in [0.05, 0.1) is 17.5 Å². The van der Waals surface area contributed by atoms with Crippen LogP contribution in [0.2, 0.25) is 0 Å². The van der Waals surface area contributed by atoms with Gasteiger partial charge in [0.1, 0.15) is 11.9 Å². The van der Waals surface area contributed by atoms with Gasteiger partial charge in [-0.3, -0.25) is 9.59 Å². The number of nitrogens with one attached hydrogen (secondary N) is 1.